The molecule has 9 nitrogen and oxygen atoms in total. The number of nitrogens with one attached hydrogen (secondary N) is 1. The van der Waals surface area contributed by atoms with E-state index in [1.807, 2.05) is 0 Å². The maximum atomic E-state index is 12.0. The third-order valence-corrected chi connectivity index (χ3v) is 3.46. The van der Waals surface area contributed by atoms with Gasteiger partial charge in [0.15, 0.2) is 0 Å². The third-order valence-electron chi connectivity index (χ3n) is 3.46. The van der Waals surface area contributed by atoms with Gasteiger partial charge in [-0.3, -0.25) is 19.6 Å². The summed E-state index contributed by atoms with van der Waals surface area (Å²) in [7, 11) is 0. The summed E-state index contributed by atoms with van der Waals surface area (Å²) >= 11 is 0. The van der Waals surface area contributed by atoms with Gasteiger partial charge in [-0.05, 0) is 32.9 Å². The summed E-state index contributed by atoms with van der Waals surface area (Å²) in [6, 6.07) is 6.61. The van der Waals surface area contributed by atoms with Gasteiger partial charge in [0.05, 0.1) is 10.6 Å². The van der Waals surface area contributed by atoms with Crippen LogP contribution in [0.1, 0.15) is 23.9 Å². The van der Waals surface area contributed by atoms with E-state index in [9.17, 15) is 20.0 Å². The summed E-state index contributed by atoms with van der Waals surface area (Å²) in [5, 5.41) is 28.6. The molecule has 9 heteroatoms. The summed E-state index contributed by atoms with van der Waals surface area (Å²) in [5.41, 5.74) is 3.73. The van der Waals surface area contributed by atoms with Gasteiger partial charge in [-0.2, -0.15) is 10.2 Å². The number of carbonyl (C=O) groups excluding carboxylic acids is 1. The average molecular weight is 331 g/mol. The second kappa shape index (κ2) is 6.90. The number of amides is 1. The minimum absolute atomic E-state index is 0.0576. The zero-order valence-electron chi connectivity index (χ0n) is 13.5. The molecule has 0 saturated carbocycles. The Labute approximate surface area is 137 Å². The van der Waals surface area contributed by atoms with E-state index in [1.54, 1.807) is 25.1 Å². The van der Waals surface area contributed by atoms with E-state index in [2.05, 4.69) is 15.6 Å². The van der Waals surface area contributed by atoms with Gasteiger partial charge < -0.3 is 5.11 Å². The molecule has 24 heavy (non-hydrogen) atoms. The summed E-state index contributed by atoms with van der Waals surface area (Å²) in [5.74, 6) is -0.424. The largest absolute Gasteiger partial charge is 0.507 e. The normalized spacial score (nSPS) is 11.4. The lowest BCUT2D eigenvalue weighted by atomic mass is 10.1. The minimum atomic E-state index is -0.521. The molecule has 0 bridgehead atoms. The number of phenols is 1. The molecule has 0 radical (unpaired) electrons. The highest BCUT2D eigenvalue weighted by Crippen LogP contribution is 2.21. The van der Waals surface area contributed by atoms with E-state index in [1.165, 1.54) is 24.6 Å². The van der Waals surface area contributed by atoms with Crippen LogP contribution in [0.4, 0.5) is 5.69 Å². The number of aryl methyl sites for hydroxylation is 1. The number of aromatic nitrogens is 2. The summed E-state index contributed by atoms with van der Waals surface area (Å²) in [4.78, 5) is 22.4. The number of phenolic OH excluding ortho intramolecular Hbond substituents is 1. The molecule has 126 valence electrons. The van der Waals surface area contributed by atoms with E-state index in [0.717, 1.165) is 0 Å². The van der Waals surface area contributed by atoms with Gasteiger partial charge in [0.2, 0.25) is 0 Å². The molecule has 1 aromatic heterocycles. The maximum absolute atomic E-state index is 12.0. The van der Waals surface area contributed by atoms with Crippen LogP contribution in [0.3, 0.4) is 0 Å². The second-order valence-corrected chi connectivity index (χ2v) is 5.18. The van der Waals surface area contributed by atoms with E-state index < -0.39 is 10.8 Å². The van der Waals surface area contributed by atoms with Crippen molar-refractivity contribution < 1.29 is 14.8 Å². The molecule has 0 saturated heterocycles. The zero-order valence-corrected chi connectivity index (χ0v) is 13.5. The van der Waals surface area contributed by atoms with Crippen molar-refractivity contribution in [1.82, 2.24) is 15.2 Å². The lowest BCUT2D eigenvalue weighted by Crippen LogP contribution is -2.25. The van der Waals surface area contributed by atoms with Crippen molar-refractivity contribution in [3.8, 4) is 5.75 Å². The molecule has 0 unspecified atom stereocenters. The number of rotatable bonds is 5. The van der Waals surface area contributed by atoms with Crippen molar-refractivity contribution in [2.24, 2.45) is 5.10 Å². The fourth-order valence-electron chi connectivity index (χ4n) is 2.26. The number of hydrazone groups is 1. The van der Waals surface area contributed by atoms with Crippen LogP contribution in [0, 0.1) is 24.0 Å². The number of nitro groups is 1. The molecule has 0 aliphatic rings. The molecule has 1 amide bonds. The van der Waals surface area contributed by atoms with Gasteiger partial charge in [-0.15, -0.1) is 0 Å². The predicted molar refractivity (Wildman–Crippen MR) is 86.8 cm³/mol. The first-order chi connectivity index (χ1) is 11.3. The summed E-state index contributed by atoms with van der Waals surface area (Å²) in [6.07, 6.45) is 0. The molecule has 0 aliphatic heterocycles. The van der Waals surface area contributed by atoms with Crippen molar-refractivity contribution in [1.29, 1.82) is 0 Å². The molecule has 2 N–H and O–H groups in total. The van der Waals surface area contributed by atoms with Gasteiger partial charge in [-0.1, -0.05) is 12.1 Å². The molecule has 1 heterocycles. The molecule has 0 atom stereocenters. The Balaban J connectivity index is 2.09. The molecular weight excluding hydrogens is 314 g/mol. The van der Waals surface area contributed by atoms with Gasteiger partial charge >= 0.3 is 5.69 Å². The molecule has 2 aromatic rings. The predicted octanol–water partition coefficient (Wildman–Crippen LogP) is 1.65. The number of aromatic hydroxyl groups is 1. The molecule has 1 aromatic carbocycles. The van der Waals surface area contributed by atoms with E-state index in [-0.39, 0.29) is 23.7 Å². The maximum Gasteiger partial charge on any atom is 0.312 e. The summed E-state index contributed by atoms with van der Waals surface area (Å²) < 4.78 is 1.26. The Hall–Kier alpha value is -3.23. The Bertz CT molecular complexity index is 825. The van der Waals surface area contributed by atoms with E-state index in [4.69, 9.17) is 0 Å². The molecule has 2 rings (SSSR count). The van der Waals surface area contributed by atoms with Crippen LogP contribution in [-0.4, -0.2) is 31.4 Å². The first-order valence-corrected chi connectivity index (χ1v) is 7.11. The number of hydrogen-bond donors (Lipinski definition) is 2. The van der Waals surface area contributed by atoms with Crippen LogP contribution < -0.4 is 5.43 Å². The molecule has 0 fully saturated rings. The Morgan fingerprint density at radius 1 is 1.42 bits per heavy atom. The Morgan fingerprint density at radius 2 is 2.08 bits per heavy atom. The molecule has 0 aliphatic carbocycles. The highest BCUT2D eigenvalue weighted by Gasteiger charge is 2.22. The monoisotopic (exact) mass is 331 g/mol. The molecular formula is C15H17N5O4. The Morgan fingerprint density at radius 3 is 2.67 bits per heavy atom. The van der Waals surface area contributed by atoms with Crippen LogP contribution in [0.5, 0.6) is 5.75 Å². The van der Waals surface area contributed by atoms with Crippen molar-refractivity contribution in [3.63, 3.8) is 0 Å². The van der Waals surface area contributed by atoms with E-state index >= 15 is 0 Å². The smallest absolute Gasteiger partial charge is 0.312 e. The second-order valence-electron chi connectivity index (χ2n) is 5.18. The van der Waals surface area contributed by atoms with Crippen molar-refractivity contribution >= 4 is 17.3 Å². The van der Waals surface area contributed by atoms with Crippen LogP contribution in [0.15, 0.2) is 29.4 Å². The van der Waals surface area contributed by atoms with Gasteiger partial charge in [-0.25, -0.2) is 5.43 Å². The SMILES string of the molecule is CC(=NNC(=O)Cn1nc(C)c([N+](=O)[O-])c1C)c1ccccc1O. The first kappa shape index (κ1) is 17.1. The number of para-hydroxylation sites is 1. The number of carbonyl (C=O) groups is 1. The van der Waals surface area contributed by atoms with Crippen LogP contribution in [0.25, 0.3) is 0 Å². The Kier molecular flexibility index (Phi) is 4.93. The van der Waals surface area contributed by atoms with Gasteiger partial charge in [0, 0.05) is 5.56 Å². The lowest BCUT2D eigenvalue weighted by molar-refractivity contribution is -0.386. The van der Waals surface area contributed by atoms with Gasteiger partial charge in [0.25, 0.3) is 5.91 Å². The van der Waals surface area contributed by atoms with Crippen LogP contribution in [0.2, 0.25) is 0 Å². The number of benzene rings is 1. The number of nitrogens with zero attached hydrogens (tertiary/aromatic N) is 4. The third kappa shape index (κ3) is 3.57. The minimum Gasteiger partial charge on any atom is -0.507 e. The van der Waals surface area contributed by atoms with E-state index in [0.29, 0.717) is 17.0 Å². The average Bonchev–Trinajstić information content (AvgIpc) is 2.79. The quantitative estimate of drug-likeness (QED) is 0.490. The molecule has 0 spiro atoms. The fourth-order valence-corrected chi connectivity index (χ4v) is 2.26. The van der Waals surface area contributed by atoms with Crippen LogP contribution >= 0.6 is 0 Å². The lowest BCUT2D eigenvalue weighted by Gasteiger charge is -2.05. The standard InChI is InChI=1S/C15H17N5O4/c1-9(12-6-4-5-7-13(12)21)16-17-14(22)8-19-11(3)15(20(23)24)10(2)18-19/h4-7,21H,8H2,1-3H3,(H,17,22). The zero-order chi connectivity index (χ0) is 17.9. The fraction of sp³-hybridized carbons (Fsp3) is 0.267. The van der Waals surface area contributed by atoms with Crippen LogP contribution in [-0.2, 0) is 11.3 Å². The van der Waals surface area contributed by atoms with Crippen molar-refractivity contribution in [2.45, 2.75) is 27.3 Å². The topological polar surface area (TPSA) is 123 Å². The summed E-state index contributed by atoms with van der Waals surface area (Å²) in [6.45, 7) is 4.49. The highest BCUT2D eigenvalue weighted by atomic mass is 16.6. The van der Waals surface area contributed by atoms with Crippen molar-refractivity contribution in [2.75, 3.05) is 0 Å². The van der Waals surface area contributed by atoms with Gasteiger partial charge in [0.1, 0.15) is 23.7 Å². The number of hydrogen-bond acceptors (Lipinski definition) is 6. The first-order valence-electron chi connectivity index (χ1n) is 7.11. The highest BCUT2D eigenvalue weighted by molar-refractivity contribution is 6.01. The van der Waals surface area contributed by atoms with Crippen molar-refractivity contribution in [3.05, 3.63) is 51.3 Å².